The first-order valence-electron chi connectivity index (χ1n) is 32.6. The summed E-state index contributed by atoms with van der Waals surface area (Å²) in [4.78, 5) is 202. The molecule has 0 saturated carbocycles. The standard InChI is InChI=1S/C64H90BrN17O17S/c1-5-7-19-51(84)69-79(44-60(93)80(70-61(94)46-17-9-8-10-18-46)42-57(90)78(34-35-97-4)39-55(88)76(30-14-12-28-67)38-54(87)75(36-50(68)83)29-13-11-27-66)59(92)40-77(33-16-32-74-31-15-20-52(74)85)56(89)43-81(72-63(95)98-6-2)58(91)37-73(3)53(86)41-82-64(96)99-62(71-82)49-26-25-48(100-49)45-21-23-47(65)24-22-45/h8-10,17-18,21-26H,5-7,11-16,19-20,27-44,66-67H2,1-4H3,(H2,68,83)(H,69,84)(H,70,94)(H,72,95). The summed E-state index contributed by atoms with van der Waals surface area (Å²) in [6, 6.07) is 18.5. The molecule has 2 aromatic heterocycles. The van der Waals surface area contributed by atoms with E-state index in [1.807, 2.05) is 30.3 Å². The first kappa shape index (κ1) is 81.0. The fourth-order valence-electron chi connectivity index (χ4n) is 9.83. The molecule has 0 radical (unpaired) electrons. The van der Waals surface area contributed by atoms with E-state index in [1.54, 1.807) is 24.0 Å². The number of ether oxygens (including phenoxy) is 2. The number of hydrazine groups is 3. The largest absolute Gasteiger partial charge is 0.449 e. The van der Waals surface area contributed by atoms with Crippen LogP contribution in [0.2, 0.25) is 0 Å². The number of benzene rings is 2. The number of carbonyl (C=O) groups is 13. The van der Waals surface area contributed by atoms with Gasteiger partial charge in [0.05, 0.1) is 37.7 Å². The van der Waals surface area contributed by atoms with Gasteiger partial charge in [-0.1, -0.05) is 59.6 Å². The second-order valence-electron chi connectivity index (χ2n) is 23.0. The fourth-order valence-corrected chi connectivity index (χ4v) is 11.0. The molecule has 36 heteroatoms. The molecular weight excluding hydrogens is 1390 g/mol. The van der Waals surface area contributed by atoms with Crippen LogP contribution >= 0.6 is 27.3 Å². The van der Waals surface area contributed by atoms with Crippen LogP contribution in [0, 0.1) is 0 Å². The summed E-state index contributed by atoms with van der Waals surface area (Å²) in [5.41, 5.74) is 24.8. The van der Waals surface area contributed by atoms with Crippen LogP contribution in [0.5, 0.6) is 0 Å². The molecule has 4 aromatic rings. The van der Waals surface area contributed by atoms with Crippen LogP contribution in [0.1, 0.15) is 88.4 Å². The molecule has 1 fully saturated rings. The second-order valence-corrected chi connectivity index (χ2v) is 25.0. The normalized spacial score (nSPS) is 11.7. The number of methoxy groups -OCH3 is 1. The molecule has 13 amide bonds. The fraction of sp³-hybridized carbons (Fsp3) is 0.516. The van der Waals surface area contributed by atoms with E-state index in [0.717, 1.165) is 34.3 Å². The van der Waals surface area contributed by atoms with Gasteiger partial charge in [-0.05, 0) is 107 Å². The zero-order valence-electron chi connectivity index (χ0n) is 56.7. The third-order valence-corrected chi connectivity index (χ3v) is 17.0. The van der Waals surface area contributed by atoms with Crippen LogP contribution in [-0.4, -0.2) is 263 Å². The average Bonchev–Trinajstić information content (AvgIpc) is 1.64. The SMILES string of the molecule is CCCCC(=O)NN(CC(=O)N(CC(=O)N(CCOC)CC(=O)N(CCCCN)CC(=O)N(CCCCN)CC(N)=O)NC(=O)c1ccccc1)C(=O)CN(CCCN1CCCC1=O)C(=O)CN(NC(=O)OCC)C(=O)CN(C)C(=O)Cn1nc(-c2ccc(-c3ccc(Br)cc3)s2)oc1=O. The van der Waals surface area contributed by atoms with Gasteiger partial charge in [0.25, 0.3) is 29.5 Å². The van der Waals surface area contributed by atoms with Gasteiger partial charge in [0.15, 0.2) is 0 Å². The molecule has 1 aliphatic rings. The van der Waals surface area contributed by atoms with Crippen molar-refractivity contribution < 1.29 is 76.2 Å². The number of primary amides is 1. The highest BCUT2D eigenvalue weighted by atomic mass is 79.9. The van der Waals surface area contributed by atoms with Crippen LogP contribution in [0.25, 0.3) is 21.2 Å². The predicted molar refractivity (Wildman–Crippen MR) is 366 cm³/mol. The zero-order chi connectivity index (χ0) is 73.3. The number of unbranched alkanes of at least 4 members (excludes halogenated alkanes) is 3. The van der Waals surface area contributed by atoms with Gasteiger partial charge in [0.1, 0.15) is 39.3 Å². The number of nitrogens with one attached hydrogen (secondary N) is 3. The maximum absolute atomic E-state index is 14.9. The minimum Gasteiger partial charge on any atom is -0.449 e. The third kappa shape index (κ3) is 26.9. The number of likely N-dealkylation sites (tertiary alicyclic amines) is 1. The summed E-state index contributed by atoms with van der Waals surface area (Å²) in [5.74, 6) is -11.2. The van der Waals surface area contributed by atoms with Gasteiger partial charge in [-0.25, -0.2) is 30.0 Å². The van der Waals surface area contributed by atoms with Gasteiger partial charge >= 0.3 is 11.8 Å². The Hall–Kier alpha value is -9.65. The zero-order valence-corrected chi connectivity index (χ0v) is 59.1. The summed E-state index contributed by atoms with van der Waals surface area (Å²) in [5, 5.41) is 5.88. The monoisotopic (exact) mass is 1480 g/mol. The van der Waals surface area contributed by atoms with Gasteiger partial charge in [0, 0.05) is 81.2 Å². The van der Waals surface area contributed by atoms with Crippen molar-refractivity contribution in [1.82, 2.24) is 70.5 Å². The van der Waals surface area contributed by atoms with E-state index in [-0.39, 0.29) is 89.1 Å². The Labute approximate surface area is 590 Å². The number of amides is 13. The van der Waals surface area contributed by atoms with E-state index >= 15 is 0 Å². The summed E-state index contributed by atoms with van der Waals surface area (Å²) in [6.45, 7) is -3.77. The molecule has 546 valence electrons. The topological polar surface area (TPSA) is 432 Å². The van der Waals surface area contributed by atoms with Crippen molar-refractivity contribution in [2.24, 2.45) is 17.2 Å². The molecule has 2 aromatic carbocycles. The Balaban J connectivity index is 1.42. The van der Waals surface area contributed by atoms with E-state index in [9.17, 15) is 67.1 Å². The van der Waals surface area contributed by atoms with Gasteiger partial charge in [-0.2, -0.15) is 4.68 Å². The predicted octanol–water partition coefficient (Wildman–Crippen LogP) is 0.102. The van der Waals surface area contributed by atoms with Gasteiger partial charge in [0.2, 0.25) is 47.3 Å². The van der Waals surface area contributed by atoms with E-state index in [1.165, 1.54) is 66.5 Å². The Morgan fingerprint density at radius 3 is 1.74 bits per heavy atom. The minimum absolute atomic E-state index is 0.000460. The maximum Gasteiger partial charge on any atom is 0.437 e. The van der Waals surface area contributed by atoms with Crippen molar-refractivity contribution >= 4 is 104 Å². The smallest absolute Gasteiger partial charge is 0.437 e. The number of hydrogen-bond acceptors (Lipinski definition) is 21. The van der Waals surface area contributed by atoms with E-state index < -0.39 is 136 Å². The second kappa shape index (κ2) is 42.3. The van der Waals surface area contributed by atoms with Crippen molar-refractivity contribution in [3.63, 3.8) is 0 Å². The molecular formula is C64H90BrN17O17S. The van der Waals surface area contributed by atoms with E-state index in [2.05, 4.69) is 37.3 Å². The van der Waals surface area contributed by atoms with Crippen molar-refractivity contribution in [3.05, 3.63) is 87.3 Å². The number of carbonyl (C=O) groups excluding carboxylic acids is 13. The minimum atomic E-state index is -1.20. The Morgan fingerprint density at radius 2 is 1.16 bits per heavy atom. The number of halogens is 1. The first-order valence-corrected chi connectivity index (χ1v) is 34.2. The number of rotatable bonds is 40. The molecule has 0 aliphatic carbocycles. The lowest BCUT2D eigenvalue weighted by Crippen LogP contribution is -2.59. The highest BCUT2D eigenvalue weighted by molar-refractivity contribution is 9.10. The molecule has 0 atom stereocenters. The lowest BCUT2D eigenvalue weighted by atomic mass is 10.2. The number of hydrogen-bond donors (Lipinski definition) is 6. The number of thiophene rings is 1. The van der Waals surface area contributed by atoms with Crippen molar-refractivity contribution in [2.45, 2.75) is 84.6 Å². The highest BCUT2D eigenvalue weighted by Gasteiger charge is 2.34. The maximum atomic E-state index is 14.9. The molecule has 34 nitrogen and oxygen atoms in total. The van der Waals surface area contributed by atoms with E-state index in [4.69, 9.17) is 31.1 Å². The quantitative estimate of drug-likeness (QED) is 0.0254. The highest BCUT2D eigenvalue weighted by Crippen LogP contribution is 2.34. The van der Waals surface area contributed by atoms with Crippen molar-refractivity contribution in [1.29, 1.82) is 0 Å². The lowest BCUT2D eigenvalue weighted by Gasteiger charge is -2.32. The average molecular weight is 1480 g/mol. The molecule has 0 spiro atoms. The summed E-state index contributed by atoms with van der Waals surface area (Å²) in [6.07, 6.45) is 2.10. The molecule has 1 aliphatic heterocycles. The number of nitrogens with two attached hydrogens (primary N) is 3. The molecule has 9 N–H and O–H groups in total. The number of nitrogens with zero attached hydrogens (tertiary/aromatic N) is 11. The molecule has 3 heterocycles. The van der Waals surface area contributed by atoms with Gasteiger partial charge < -0.3 is 60.5 Å². The van der Waals surface area contributed by atoms with E-state index in [0.29, 0.717) is 77.9 Å². The van der Waals surface area contributed by atoms with Gasteiger partial charge in [-0.15, -0.1) is 16.4 Å². The van der Waals surface area contributed by atoms with Crippen molar-refractivity contribution in [2.75, 3.05) is 132 Å². The molecule has 0 unspecified atom stereocenters. The Kier molecular flexibility index (Phi) is 34.3. The van der Waals surface area contributed by atoms with Crippen LogP contribution < -0.4 is 39.2 Å². The van der Waals surface area contributed by atoms with Crippen LogP contribution in [-0.2, 0) is 68.8 Å². The van der Waals surface area contributed by atoms with Gasteiger partial charge in [-0.3, -0.25) is 68.4 Å². The van der Waals surface area contributed by atoms with Crippen LogP contribution in [0.3, 0.4) is 0 Å². The molecule has 0 bridgehead atoms. The molecule has 100 heavy (non-hydrogen) atoms. The Morgan fingerprint density at radius 1 is 0.620 bits per heavy atom. The van der Waals surface area contributed by atoms with Crippen LogP contribution in [0.15, 0.2) is 80.4 Å². The molecule has 5 rings (SSSR count). The lowest BCUT2D eigenvalue weighted by molar-refractivity contribution is -0.153. The third-order valence-electron chi connectivity index (χ3n) is 15.3. The van der Waals surface area contributed by atoms with Crippen LogP contribution in [0.4, 0.5) is 4.79 Å². The molecule has 1 saturated heterocycles. The summed E-state index contributed by atoms with van der Waals surface area (Å²) >= 11 is 4.70. The number of aromatic nitrogens is 2. The first-order chi connectivity index (χ1) is 47.9. The Bertz CT molecular complexity index is 3500. The van der Waals surface area contributed by atoms with Crippen molar-refractivity contribution in [3.8, 4) is 21.2 Å². The summed E-state index contributed by atoms with van der Waals surface area (Å²) in [7, 11) is 2.54. The summed E-state index contributed by atoms with van der Waals surface area (Å²) < 4.78 is 17.3. The number of likely N-dealkylation sites (N-methyl/N-ethyl adjacent to an activating group) is 1.